The van der Waals surface area contributed by atoms with Gasteiger partial charge in [0.15, 0.2) is 0 Å². The first-order chi connectivity index (χ1) is 36.6. The highest BCUT2D eigenvalue weighted by molar-refractivity contribution is 7.19. The molecular formula is C62H70N2O10S2. The van der Waals surface area contributed by atoms with E-state index in [0.717, 1.165) is 69.2 Å². The Labute approximate surface area is 454 Å². The molecule has 4 amide bonds. The standard InChI is InChI=1S/C62H70N2O10S2/c1-7-9-33-61(3,4)73-59(69)71-37-23-13-11-21-35-63-55(65)45-39-44(50-32-30-48(76-50)42-27-19-16-20-28-42)54-52-46(40-43(53(51(45)52)57(63)67)49-31-29-47(75-49)41-25-17-15-18-26-41)56(66)64(58(54)68)36-22-12-14-24-38-72-60(70)74-62(5,6)34-10-8-2/h15-20,25-32,39-40H,7-14,21-24,33-38H2,1-6H3. The number of hydrogen-bond acceptors (Lipinski definition) is 12. The summed E-state index contributed by atoms with van der Waals surface area (Å²) in [5.41, 5.74) is 2.94. The summed E-state index contributed by atoms with van der Waals surface area (Å²) >= 11 is 2.99. The zero-order valence-corrected chi connectivity index (χ0v) is 46.4. The van der Waals surface area contributed by atoms with Crippen molar-refractivity contribution in [3.63, 3.8) is 0 Å². The molecule has 4 aromatic carbocycles. The molecule has 0 saturated carbocycles. The Morgan fingerprint density at radius 2 is 0.816 bits per heavy atom. The van der Waals surface area contributed by atoms with Crippen LogP contribution in [0.25, 0.3) is 52.5 Å². The Hall–Kier alpha value is -6.64. The molecular weight excluding hydrogens is 997 g/mol. The third-order valence-corrected chi connectivity index (χ3v) is 16.4. The molecule has 2 aromatic heterocycles. The highest BCUT2D eigenvalue weighted by Gasteiger charge is 2.43. The van der Waals surface area contributed by atoms with Crippen molar-refractivity contribution in [1.29, 1.82) is 0 Å². The van der Waals surface area contributed by atoms with Crippen LogP contribution in [-0.4, -0.2) is 83.2 Å². The van der Waals surface area contributed by atoms with E-state index in [1.54, 1.807) is 12.1 Å². The van der Waals surface area contributed by atoms with Crippen molar-refractivity contribution in [2.75, 3.05) is 26.3 Å². The number of rotatable bonds is 26. The van der Waals surface area contributed by atoms with Gasteiger partial charge in [-0.25, -0.2) is 9.59 Å². The number of hydrogen-bond donors (Lipinski definition) is 0. The molecule has 2 aliphatic rings. The van der Waals surface area contributed by atoms with Crippen molar-refractivity contribution in [1.82, 2.24) is 9.80 Å². The molecule has 2 aliphatic heterocycles. The fourth-order valence-corrected chi connectivity index (χ4v) is 12.1. The van der Waals surface area contributed by atoms with E-state index < -0.39 is 47.1 Å². The highest BCUT2D eigenvalue weighted by atomic mass is 32.1. The van der Waals surface area contributed by atoms with Crippen LogP contribution in [0.4, 0.5) is 9.59 Å². The van der Waals surface area contributed by atoms with Crippen LogP contribution in [0.5, 0.6) is 0 Å². The van der Waals surface area contributed by atoms with E-state index in [1.807, 2.05) is 113 Å². The molecule has 0 atom stereocenters. The number of carbonyl (C=O) groups is 6. The molecule has 0 saturated heterocycles. The number of thiophene rings is 2. The molecule has 0 bridgehead atoms. The fraction of sp³-hybridized carbons (Fsp3) is 0.419. The van der Waals surface area contributed by atoms with E-state index in [2.05, 4.69) is 13.8 Å². The lowest BCUT2D eigenvalue weighted by molar-refractivity contribution is -0.0228. The van der Waals surface area contributed by atoms with E-state index in [0.29, 0.717) is 73.3 Å². The second kappa shape index (κ2) is 25.0. The molecule has 0 fully saturated rings. The number of nitrogens with zero attached hydrogens (tertiary/aromatic N) is 2. The molecule has 0 spiro atoms. The molecule has 6 aromatic rings. The van der Waals surface area contributed by atoms with Crippen molar-refractivity contribution >= 4 is 69.4 Å². The van der Waals surface area contributed by atoms with E-state index in [9.17, 15) is 9.59 Å². The monoisotopic (exact) mass is 1070 g/mol. The van der Waals surface area contributed by atoms with Crippen LogP contribution in [0, 0.1) is 0 Å². The van der Waals surface area contributed by atoms with Crippen molar-refractivity contribution in [2.24, 2.45) is 0 Å². The van der Waals surface area contributed by atoms with Gasteiger partial charge in [0.25, 0.3) is 23.6 Å². The SMILES string of the molecule is CCCCC(C)(C)OC(=O)OCCCCCCN1C(=O)c2cc(-c3ccc(-c4ccccc4)s3)c3c4c(cc(-c5ccc(-c6ccccc6)s5)c(c24)C1=O)C(=O)N(CCCCCCOC(=O)OC(C)(C)CCCC)C3=O. The van der Waals surface area contributed by atoms with Gasteiger partial charge >= 0.3 is 12.3 Å². The van der Waals surface area contributed by atoms with Crippen molar-refractivity contribution in [2.45, 2.75) is 143 Å². The first kappa shape index (κ1) is 55.6. The highest BCUT2D eigenvalue weighted by Crippen LogP contribution is 2.49. The van der Waals surface area contributed by atoms with Crippen LogP contribution in [0.1, 0.15) is 173 Å². The average Bonchev–Trinajstić information content (AvgIpc) is 4.12. The molecule has 8 rings (SSSR count). The molecule has 76 heavy (non-hydrogen) atoms. The Balaban J connectivity index is 1.09. The van der Waals surface area contributed by atoms with E-state index in [-0.39, 0.29) is 48.6 Å². The van der Waals surface area contributed by atoms with Crippen LogP contribution >= 0.6 is 22.7 Å². The van der Waals surface area contributed by atoms with Gasteiger partial charge in [-0.1, -0.05) is 100 Å². The number of carbonyl (C=O) groups excluding carboxylic acids is 6. The largest absolute Gasteiger partial charge is 0.508 e. The van der Waals surface area contributed by atoms with E-state index in [1.165, 1.54) is 32.5 Å². The van der Waals surface area contributed by atoms with Gasteiger partial charge in [-0.15, -0.1) is 22.7 Å². The smallest absolute Gasteiger partial charge is 0.434 e. The van der Waals surface area contributed by atoms with Gasteiger partial charge in [0.1, 0.15) is 11.2 Å². The molecule has 14 heteroatoms. The molecule has 0 unspecified atom stereocenters. The van der Waals surface area contributed by atoms with Gasteiger partial charge in [-0.3, -0.25) is 29.0 Å². The van der Waals surface area contributed by atoms with E-state index >= 15 is 19.2 Å². The number of unbranched alkanes of at least 4 members (excludes halogenated alkanes) is 8. The Bertz CT molecular complexity index is 2860. The minimum absolute atomic E-state index is 0.140. The Kier molecular flexibility index (Phi) is 18.3. The molecule has 12 nitrogen and oxygen atoms in total. The second-order valence-corrected chi connectivity index (χ2v) is 23.2. The Morgan fingerprint density at radius 1 is 0.447 bits per heavy atom. The van der Waals surface area contributed by atoms with Crippen LogP contribution in [0.3, 0.4) is 0 Å². The lowest BCUT2D eigenvalue weighted by Gasteiger charge is -2.34. The first-order valence-electron chi connectivity index (χ1n) is 27.0. The number of ether oxygens (including phenoxy) is 4. The summed E-state index contributed by atoms with van der Waals surface area (Å²) in [6.07, 6.45) is 8.92. The summed E-state index contributed by atoms with van der Waals surface area (Å²) in [6.45, 7) is 12.4. The zero-order valence-electron chi connectivity index (χ0n) is 44.8. The maximum absolute atomic E-state index is 15.2. The summed E-state index contributed by atoms with van der Waals surface area (Å²) in [6, 6.07) is 31.3. The summed E-state index contributed by atoms with van der Waals surface area (Å²) in [5.74, 6) is -1.93. The average molecular weight is 1070 g/mol. The molecule has 400 valence electrons. The van der Waals surface area contributed by atoms with Crippen molar-refractivity contribution in [3.8, 4) is 41.8 Å². The zero-order chi connectivity index (χ0) is 54.0. The topological polar surface area (TPSA) is 146 Å². The maximum atomic E-state index is 15.2. The van der Waals surface area contributed by atoms with E-state index in [4.69, 9.17) is 18.9 Å². The van der Waals surface area contributed by atoms with Crippen LogP contribution in [0.15, 0.2) is 97.1 Å². The lowest BCUT2D eigenvalue weighted by Crippen LogP contribution is -2.44. The molecule has 0 radical (unpaired) electrons. The van der Waals surface area contributed by atoms with Crippen molar-refractivity contribution in [3.05, 3.63) is 119 Å². The molecule has 0 N–H and O–H groups in total. The van der Waals surface area contributed by atoms with Gasteiger partial charge in [0.05, 0.1) is 24.3 Å². The third kappa shape index (κ3) is 12.9. The number of imide groups is 2. The van der Waals surface area contributed by atoms with Gasteiger partial charge < -0.3 is 18.9 Å². The first-order valence-corrected chi connectivity index (χ1v) is 28.7. The predicted molar refractivity (Wildman–Crippen MR) is 301 cm³/mol. The maximum Gasteiger partial charge on any atom is 0.508 e. The lowest BCUT2D eigenvalue weighted by atomic mass is 9.80. The summed E-state index contributed by atoms with van der Waals surface area (Å²) < 4.78 is 21.9. The third-order valence-electron chi connectivity index (χ3n) is 14.1. The van der Waals surface area contributed by atoms with Gasteiger partial charge in [0, 0.05) is 65.6 Å². The number of benzene rings is 4. The minimum atomic E-state index is -0.687. The second-order valence-electron chi connectivity index (χ2n) is 21.0. The molecule has 4 heterocycles. The summed E-state index contributed by atoms with van der Waals surface area (Å²) in [5, 5.41) is 0.644. The van der Waals surface area contributed by atoms with Crippen molar-refractivity contribution < 1.29 is 47.7 Å². The Morgan fingerprint density at radius 3 is 1.20 bits per heavy atom. The molecule has 0 aliphatic carbocycles. The summed E-state index contributed by atoms with van der Waals surface area (Å²) in [4.78, 5) is 91.4. The number of amides is 4. The quantitative estimate of drug-likeness (QED) is 0.0292. The van der Waals surface area contributed by atoms with Gasteiger partial charge in [0.2, 0.25) is 0 Å². The van der Waals surface area contributed by atoms with Gasteiger partial charge in [-0.05, 0) is 139 Å². The summed E-state index contributed by atoms with van der Waals surface area (Å²) in [7, 11) is 0. The predicted octanol–water partition coefficient (Wildman–Crippen LogP) is 16.2. The normalized spacial score (nSPS) is 13.4. The minimum Gasteiger partial charge on any atom is -0.434 e. The van der Waals surface area contributed by atoms with Crippen LogP contribution in [-0.2, 0) is 18.9 Å². The van der Waals surface area contributed by atoms with Crippen LogP contribution in [0.2, 0.25) is 0 Å². The van der Waals surface area contributed by atoms with Gasteiger partial charge in [-0.2, -0.15) is 0 Å². The van der Waals surface area contributed by atoms with Crippen LogP contribution < -0.4 is 0 Å². The fourth-order valence-electron chi connectivity index (χ4n) is 10.0.